The lowest BCUT2D eigenvalue weighted by molar-refractivity contribution is 0.123. The molecule has 0 atom stereocenters. The van der Waals surface area contributed by atoms with Gasteiger partial charge in [-0.2, -0.15) is 0 Å². The minimum Gasteiger partial charge on any atom is -0.380 e. The van der Waals surface area contributed by atoms with Gasteiger partial charge in [0.25, 0.3) is 0 Å². The molecule has 0 aliphatic rings. The Kier molecular flexibility index (Phi) is 6.89. The highest BCUT2D eigenvalue weighted by atomic mass is 16.5. The summed E-state index contributed by atoms with van der Waals surface area (Å²) in [4.78, 5) is 4.35. The second kappa shape index (κ2) is 8.25. The number of hydrogen-bond donors (Lipinski definition) is 1. The number of imidazole rings is 1. The standard InChI is InChI=1S/C13H25N3O/c1-4-5-9-17-10-8-16-7-6-14-13(16)11-15-12(2)3/h6-7,12,15H,4-5,8-11H2,1-3H3. The van der Waals surface area contributed by atoms with Crippen LogP contribution in [-0.2, 0) is 17.8 Å². The van der Waals surface area contributed by atoms with E-state index in [-0.39, 0.29) is 0 Å². The topological polar surface area (TPSA) is 39.1 Å². The Hall–Kier alpha value is -0.870. The van der Waals surface area contributed by atoms with E-state index >= 15 is 0 Å². The van der Waals surface area contributed by atoms with E-state index in [9.17, 15) is 0 Å². The van der Waals surface area contributed by atoms with Gasteiger partial charge in [-0.15, -0.1) is 0 Å². The number of aromatic nitrogens is 2. The summed E-state index contributed by atoms with van der Waals surface area (Å²) in [5.41, 5.74) is 0. The van der Waals surface area contributed by atoms with Gasteiger partial charge < -0.3 is 14.6 Å². The van der Waals surface area contributed by atoms with Crippen LogP contribution in [-0.4, -0.2) is 28.8 Å². The first-order valence-corrected chi connectivity index (χ1v) is 6.55. The van der Waals surface area contributed by atoms with Crippen molar-refractivity contribution in [3.8, 4) is 0 Å². The Morgan fingerprint density at radius 2 is 2.24 bits per heavy atom. The first-order valence-electron chi connectivity index (χ1n) is 6.55. The van der Waals surface area contributed by atoms with Gasteiger partial charge in [-0.3, -0.25) is 0 Å². The fourth-order valence-electron chi connectivity index (χ4n) is 1.52. The van der Waals surface area contributed by atoms with Crippen molar-refractivity contribution in [2.24, 2.45) is 0 Å². The lowest BCUT2D eigenvalue weighted by Crippen LogP contribution is -2.24. The molecule has 4 heteroatoms. The fraction of sp³-hybridized carbons (Fsp3) is 0.769. The number of ether oxygens (including phenoxy) is 1. The SMILES string of the molecule is CCCCOCCn1ccnc1CNC(C)C. The van der Waals surface area contributed by atoms with Crippen LogP contribution in [0.4, 0.5) is 0 Å². The maximum atomic E-state index is 5.56. The molecular weight excluding hydrogens is 214 g/mol. The largest absolute Gasteiger partial charge is 0.380 e. The number of hydrogen-bond acceptors (Lipinski definition) is 3. The first-order chi connectivity index (χ1) is 8.24. The Balaban J connectivity index is 2.25. The Morgan fingerprint density at radius 3 is 2.94 bits per heavy atom. The van der Waals surface area contributed by atoms with Gasteiger partial charge in [0.2, 0.25) is 0 Å². The molecule has 1 N–H and O–H groups in total. The van der Waals surface area contributed by atoms with E-state index in [0.29, 0.717) is 6.04 Å². The molecule has 0 amide bonds. The fourth-order valence-corrected chi connectivity index (χ4v) is 1.52. The van der Waals surface area contributed by atoms with Crippen molar-refractivity contribution in [1.82, 2.24) is 14.9 Å². The minimum absolute atomic E-state index is 0.487. The summed E-state index contributed by atoms with van der Waals surface area (Å²) in [7, 11) is 0. The maximum Gasteiger partial charge on any atom is 0.122 e. The van der Waals surface area contributed by atoms with Crippen LogP contribution >= 0.6 is 0 Å². The molecule has 0 radical (unpaired) electrons. The van der Waals surface area contributed by atoms with Crippen LogP contribution in [0.5, 0.6) is 0 Å². The summed E-state index contributed by atoms with van der Waals surface area (Å²) in [5, 5.41) is 3.37. The summed E-state index contributed by atoms with van der Waals surface area (Å²) >= 11 is 0. The van der Waals surface area contributed by atoms with Gasteiger partial charge in [0.05, 0.1) is 13.2 Å². The van der Waals surface area contributed by atoms with Gasteiger partial charge in [0.1, 0.15) is 5.82 Å². The van der Waals surface area contributed by atoms with Crippen molar-refractivity contribution in [2.75, 3.05) is 13.2 Å². The smallest absolute Gasteiger partial charge is 0.122 e. The van der Waals surface area contributed by atoms with Gasteiger partial charge in [-0.25, -0.2) is 4.98 Å². The Bertz CT molecular complexity index is 297. The van der Waals surface area contributed by atoms with Crippen LogP contribution in [0.1, 0.15) is 39.4 Å². The Morgan fingerprint density at radius 1 is 1.41 bits per heavy atom. The summed E-state index contributed by atoms with van der Waals surface area (Å²) in [6.07, 6.45) is 6.20. The first kappa shape index (κ1) is 14.2. The molecule has 0 aliphatic carbocycles. The second-order valence-electron chi connectivity index (χ2n) is 4.54. The van der Waals surface area contributed by atoms with Gasteiger partial charge >= 0.3 is 0 Å². The van der Waals surface area contributed by atoms with E-state index < -0.39 is 0 Å². The number of nitrogens with one attached hydrogen (secondary N) is 1. The van der Waals surface area contributed by atoms with Crippen molar-refractivity contribution < 1.29 is 4.74 Å². The third-order valence-corrected chi connectivity index (χ3v) is 2.59. The molecule has 4 nitrogen and oxygen atoms in total. The zero-order chi connectivity index (χ0) is 12.5. The van der Waals surface area contributed by atoms with E-state index in [4.69, 9.17) is 4.74 Å². The van der Waals surface area contributed by atoms with Gasteiger partial charge in [-0.05, 0) is 6.42 Å². The molecule has 1 aromatic heterocycles. The van der Waals surface area contributed by atoms with Gasteiger partial charge in [0, 0.05) is 31.6 Å². The lowest BCUT2D eigenvalue weighted by atomic mass is 10.4. The van der Waals surface area contributed by atoms with Crippen molar-refractivity contribution in [1.29, 1.82) is 0 Å². The van der Waals surface area contributed by atoms with Gasteiger partial charge in [-0.1, -0.05) is 27.2 Å². The predicted octanol–water partition coefficient (Wildman–Crippen LogP) is 2.20. The monoisotopic (exact) mass is 239 g/mol. The minimum atomic E-state index is 0.487. The summed E-state index contributed by atoms with van der Waals surface area (Å²) in [6.45, 7) is 9.80. The molecule has 17 heavy (non-hydrogen) atoms. The average molecular weight is 239 g/mol. The zero-order valence-corrected chi connectivity index (χ0v) is 11.3. The number of rotatable bonds is 9. The molecule has 0 saturated carbocycles. The van der Waals surface area contributed by atoms with Crippen LogP contribution in [0.2, 0.25) is 0 Å². The summed E-state index contributed by atoms with van der Waals surface area (Å²) in [5.74, 6) is 1.08. The highest BCUT2D eigenvalue weighted by Gasteiger charge is 2.02. The summed E-state index contributed by atoms with van der Waals surface area (Å²) in [6, 6.07) is 0.487. The second-order valence-corrected chi connectivity index (χ2v) is 4.54. The van der Waals surface area contributed by atoms with E-state index in [1.807, 2.05) is 12.4 Å². The molecule has 0 unspecified atom stereocenters. The van der Waals surface area contributed by atoms with Crippen LogP contribution in [0.3, 0.4) is 0 Å². The Labute approximate surface area is 104 Å². The lowest BCUT2D eigenvalue weighted by Gasteiger charge is -2.11. The molecule has 0 saturated heterocycles. The van der Waals surface area contributed by atoms with E-state index in [1.165, 1.54) is 6.42 Å². The van der Waals surface area contributed by atoms with Crippen molar-refractivity contribution in [2.45, 2.75) is 52.7 Å². The zero-order valence-electron chi connectivity index (χ0n) is 11.3. The molecule has 0 aromatic carbocycles. The normalized spacial score (nSPS) is 11.3. The van der Waals surface area contributed by atoms with Crippen LogP contribution in [0.25, 0.3) is 0 Å². The molecule has 1 rings (SSSR count). The summed E-state index contributed by atoms with van der Waals surface area (Å²) < 4.78 is 7.71. The molecular formula is C13H25N3O. The molecule has 0 fully saturated rings. The molecule has 98 valence electrons. The van der Waals surface area contributed by atoms with Crippen molar-refractivity contribution in [3.63, 3.8) is 0 Å². The van der Waals surface area contributed by atoms with Gasteiger partial charge in [0.15, 0.2) is 0 Å². The van der Waals surface area contributed by atoms with E-state index in [2.05, 4.69) is 35.6 Å². The van der Waals surface area contributed by atoms with Crippen molar-refractivity contribution >= 4 is 0 Å². The third-order valence-electron chi connectivity index (χ3n) is 2.59. The maximum absolute atomic E-state index is 5.56. The molecule has 0 spiro atoms. The molecule has 0 bridgehead atoms. The van der Waals surface area contributed by atoms with Crippen LogP contribution in [0.15, 0.2) is 12.4 Å². The van der Waals surface area contributed by atoms with Crippen LogP contribution < -0.4 is 5.32 Å². The molecule has 1 heterocycles. The third kappa shape index (κ3) is 5.84. The quantitative estimate of drug-likeness (QED) is 0.671. The number of nitrogens with zero attached hydrogens (tertiary/aromatic N) is 2. The molecule has 1 aromatic rings. The van der Waals surface area contributed by atoms with E-state index in [1.54, 1.807) is 0 Å². The van der Waals surface area contributed by atoms with E-state index in [0.717, 1.165) is 38.5 Å². The molecule has 0 aliphatic heterocycles. The highest BCUT2D eigenvalue weighted by Crippen LogP contribution is 1.99. The van der Waals surface area contributed by atoms with Crippen molar-refractivity contribution in [3.05, 3.63) is 18.2 Å². The predicted molar refractivity (Wildman–Crippen MR) is 69.9 cm³/mol. The average Bonchev–Trinajstić information content (AvgIpc) is 2.73. The highest BCUT2D eigenvalue weighted by molar-refractivity contribution is 4.92. The number of unbranched alkanes of at least 4 members (excludes halogenated alkanes) is 1. The van der Waals surface area contributed by atoms with Crippen LogP contribution in [0, 0.1) is 0 Å².